The number of hydrogen-bond donors (Lipinski definition) is 0. The molecule has 5 heteroatoms. The van der Waals surface area contributed by atoms with Crippen molar-refractivity contribution in [1.29, 1.82) is 0 Å². The zero-order valence-electron chi connectivity index (χ0n) is 11.7. The van der Waals surface area contributed by atoms with Crippen molar-refractivity contribution in [2.24, 2.45) is 0 Å². The minimum Gasteiger partial charge on any atom is -0.378 e. The minimum absolute atomic E-state index is 0.403. The zero-order valence-corrected chi connectivity index (χ0v) is 13.3. The summed E-state index contributed by atoms with van der Waals surface area (Å²) in [5.74, 6) is 0. The van der Waals surface area contributed by atoms with E-state index in [1.165, 1.54) is 17.6 Å². The normalized spacial score (nSPS) is 11.9. The van der Waals surface area contributed by atoms with E-state index in [2.05, 4.69) is 12.1 Å². The molecule has 0 bridgehead atoms. The van der Waals surface area contributed by atoms with Gasteiger partial charge in [-0.25, -0.2) is 8.42 Å². The van der Waals surface area contributed by atoms with Gasteiger partial charge in [0.05, 0.1) is 0 Å². The van der Waals surface area contributed by atoms with Crippen molar-refractivity contribution >= 4 is 39.0 Å². The Labute approximate surface area is 124 Å². The predicted octanol–water partition coefficient (Wildman–Crippen LogP) is 3.39. The molecule has 20 heavy (non-hydrogen) atoms. The number of anilines is 1. The number of rotatable bonds is 4. The summed E-state index contributed by atoms with van der Waals surface area (Å²) in [6.07, 6.45) is 5.15. The monoisotopic (exact) mass is 307 g/mol. The van der Waals surface area contributed by atoms with Crippen LogP contribution in [-0.4, -0.2) is 28.8 Å². The highest BCUT2D eigenvalue weighted by molar-refractivity contribution is 7.92. The number of nitrogens with zero attached hydrogens (tertiary/aromatic N) is 1. The fourth-order valence-corrected chi connectivity index (χ4v) is 3.54. The van der Waals surface area contributed by atoms with Gasteiger partial charge < -0.3 is 4.90 Å². The molecule has 0 aliphatic heterocycles. The molecule has 1 heterocycles. The quantitative estimate of drug-likeness (QED) is 0.869. The summed E-state index contributed by atoms with van der Waals surface area (Å²) in [6.45, 7) is 0. The minimum atomic E-state index is -3.10. The highest BCUT2D eigenvalue weighted by Crippen LogP contribution is 2.23. The van der Waals surface area contributed by atoms with Crippen LogP contribution in [0.4, 0.5) is 5.69 Å². The van der Waals surface area contributed by atoms with Crippen LogP contribution in [0.15, 0.2) is 40.6 Å². The number of sulfone groups is 1. The molecule has 0 N–H and O–H groups in total. The van der Waals surface area contributed by atoms with Crippen molar-refractivity contribution in [1.82, 2.24) is 0 Å². The van der Waals surface area contributed by atoms with E-state index in [1.54, 1.807) is 6.07 Å². The van der Waals surface area contributed by atoms with Gasteiger partial charge in [0.15, 0.2) is 9.84 Å². The third kappa shape index (κ3) is 3.71. The summed E-state index contributed by atoms with van der Waals surface area (Å²) < 4.78 is 23.2. The molecule has 0 saturated heterocycles. The summed E-state index contributed by atoms with van der Waals surface area (Å²) in [5.41, 5.74) is 2.24. The summed E-state index contributed by atoms with van der Waals surface area (Å²) in [5, 5.41) is 0. The Hall–Kier alpha value is -1.59. The van der Waals surface area contributed by atoms with E-state index >= 15 is 0 Å². The Morgan fingerprint density at radius 2 is 1.65 bits per heavy atom. The number of benzene rings is 1. The molecule has 0 fully saturated rings. The Balaban J connectivity index is 2.15. The fraction of sp³-hybridized carbons (Fsp3) is 0.200. The maximum absolute atomic E-state index is 11.4. The van der Waals surface area contributed by atoms with Crippen LogP contribution in [0.3, 0.4) is 0 Å². The average molecular weight is 307 g/mol. The first-order chi connectivity index (χ1) is 9.36. The smallest absolute Gasteiger partial charge is 0.184 e. The first kappa shape index (κ1) is 14.8. The third-order valence-electron chi connectivity index (χ3n) is 2.82. The van der Waals surface area contributed by atoms with Gasteiger partial charge in [-0.15, -0.1) is 11.3 Å². The van der Waals surface area contributed by atoms with Gasteiger partial charge in [-0.1, -0.05) is 18.2 Å². The SMILES string of the molecule is CN(C)c1ccc(/C=C/c2ccc(S(C)(=O)=O)s2)cc1. The summed E-state index contributed by atoms with van der Waals surface area (Å²) >= 11 is 1.28. The van der Waals surface area contributed by atoms with Crippen molar-refractivity contribution in [3.8, 4) is 0 Å². The lowest BCUT2D eigenvalue weighted by Crippen LogP contribution is -2.07. The average Bonchev–Trinajstić information content (AvgIpc) is 2.85. The summed E-state index contributed by atoms with van der Waals surface area (Å²) in [4.78, 5) is 2.98. The Morgan fingerprint density at radius 3 is 2.15 bits per heavy atom. The van der Waals surface area contributed by atoms with E-state index in [0.29, 0.717) is 4.21 Å². The molecule has 2 aromatic rings. The summed E-state index contributed by atoms with van der Waals surface area (Å²) in [6, 6.07) is 11.7. The molecule has 0 saturated carbocycles. The number of thiophene rings is 1. The van der Waals surface area contributed by atoms with Crippen molar-refractivity contribution in [2.75, 3.05) is 25.3 Å². The van der Waals surface area contributed by atoms with Gasteiger partial charge in [-0.05, 0) is 35.9 Å². The van der Waals surface area contributed by atoms with Crippen LogP contribution >= 0.6 is 11.3 Å². The van der Waals surface area contributed by atoms with Crippen LogP contribution in [-0.2, 0) is 9.84 Å². The van der Waals surface area contributed by atoms with Crippen LogP contribution in [0.2, 0.25) is 0 Å². The van der Waals surface area contributed by atoms with E-state index in [0.717, 1.165) is 16.1 Å². The van der Waals surface area contributed by atoms with E-state index in [4.69, 9.17) is 0 Å². The van der Waals surface area contributed by atoms with Gasteiger partial charge >= 0.3 is 0 Å². The molecule has 1 aromatic carbocycles. The van der Waals surface area contributed by atoms with Crippen molar-refractivity contribution in [3.63, 3.8) is 0 Å². The molecule has 106 valence electrons. The second-order valence-corrected chi connectivity index (χ2v) is 8.11. The Morgan fingerprint density at radius 1 is 1.00 bits per heavy atom. The number of hydrogen-bond acceptors (Lipinski definition) is 4. The first-order valence-electron chi connectivity index (χ1n) is 6.11. The molecule has 0 spiro atoms. The second kappa shape index (κ2) is 5.81. The maximum Gasteiger partial charge on any atom is 0.184 e. The molecular formula is C15H17NO2S2. The molecule has 0 atom stereocenters. The van der Waals surface area contributed by atoms with Gasteiger partial charge in [0.2, 0.25) is 0 Å². The second-order valence-electron chi connectivity index (χ2n) is 4.75. The van der Waals surface area contributed by atoms with Crippen molar-refractivity contribution in [2.45, 2.75) is 4.21 Å². The maximum atomic E-state index is 11.4. The highest BCUT2D eigenvalue weighted by atomic mass is 32.2. The van der Waals surface area contributed by atoms with E-state index < -0.39 is 9.84 Å². The van der Waals surface area contributed by atoms with Gasteiger partial charge in [0, 0.05) is 30.9 Å². The zero-order chi connectivity index (χ0) is 14.8. The molecule has 0 aliphatic carbocycles. The third-order valence-corrected chi connectivity index (χ3v) is 5.69. The molecule has 2 rings (SSSR count). The van der Waals surface area contributed by atoms with E-state index in [-0.39, 0.29) is 0 Å². The highest BCUT2D eigenvalue weighted by Gasteiger charge is 2.08. The first-order valence-corrected chi connectivity index (χ1v) is 8.82. The molecule has 1 aromatic heterocycles. The standard InChI is InChI=1S/C15H17NO2S2/c1-16(2)13-7-4-12(5-8-13)6-9-14-10-11-15(19-14)20(3,17)18/h4-11H,1-3H3/b9-6+. The van der Waals surface area contributed by atoms with Gasteiger partial charge in [-0.2, -0.15) is 0 Å². The molecule has 0 radical (unpaired) electrons. The largest absolute Gasteiger partial charge is 0.378 e. The van der Waals surface area contributed by atoms with Crippen LogP contribution in [0, 0.1) is 0 Å². The Bertz CT molecular complexity index is 711. The van der Waals surface area contributed by atoms with Gasteiger partial charge in [-0.3, -0.25) is 0 Å². The van der Waals surface area contributed by atoms with Gasteiger partial charge in [0.25, 0.3) is 0 Å². The summed E-state index contributed by atoms with van der Waals surface area (Å²) in [7, 11) is 0.905. The van der Waals surface area contributed by atoms with Crippen molar-refractivity contribution in [3.05, 3.63) is 46.8 Å². The van der Waals surface area contributed by atoms with E-state index in [9.17, 15) is 8.42 Å². The Kier molecular flexibility index (Phi) is 4.30. The predicted molar refractivity (Wildman–Crippen MR) is 87.1 cm³/mol. The lowest BCUT2D eigenvalue weighted by Gasteiger charge is -2.11. The molecule has 3 nitrogen and oxygen atoms in total. The lowest BCUT2D eigenvalue weighted by molar-refractivity contribution is 0.604. The molecule has 0 unspecified atom stereocenters. The van der Waals surface area contributed by atoms with Crippen LogP contribution in [0.5, 0.6) is 0 Å². The van der Waals surface area contributed by atoms with E-state index in [1.807, 2.05) is 49.3 Å². The van der Waals surface area contributed by atoms with Crippen LogP contribution in [0.25, 0.3) is 12.2 Å². The van der Waals surface area contributed by atoms with Crippen LogP contribution < -0.4 is 4.90 Å². The van der Waals surface area contributed by atoms with Crippen molar-refractivity contribution < 1.29 is 8.42 Å². The molecule has 0 amide bonds. The van der Waals surface area contributed by atoms with Gasteiger partial charge in [0.1, 0.15) is 4.21 Å². The van der Waals surface area contributed by atoms with Crippen LogP contribution in [0.1, 0.15) is 10.4 Å². The molecule has 0 aliphatic rings. The molecular weight excluding hydrogens is 290 g/mol. The lowest BCUT2D eigenvalue weighted by atomic mass is 10.2. The fourth-order valence-electron chi connectivity index (χ4n) is 1.69. The topological polar surface area (TPSA) is 37.4 Å².